The van der Waals surface area contributed by atoms with E-state index in [9.17, 15) is 14.7 Å². The van der Waals surface area contributed by atoms with E-state index in [0.717, 1.165) is 6.07 Å². The van der Waals surface area contributed by atoms with Gasteiger partial charge >= 0.3 is 5.97 Å². The largest absolute Gasteiger partial charge is 0.507 e. The van der Waals surface area contributed by atoms with E-state index in [0.29, 0.717) is 10.6 Å². The highest BCUT2D eigenvalue weighted by atomic mass is 35.5. The number of aromatic hydroxyl groups is 1. The maximum absolute atomic E-state index is 12.0. The lowest BCUT2D eigenvalue weighted by molar-refractivity contribution is 0.0693. The topological polar surface area (TPSA) is 113 Å². The molecule has 0 spiro atoms. The quantitative estimate of drug-likeness (QED) is 0.651. The molecule has 1 amide bonds. The molecular formula is C14H11ClN2O4. The number of amides is 1. The molecule has 0 saturated heterocycles. The number of carbonyl (C=O) groups is 2. The van der Waals surface area contributed by atoms with Gasteiger partial charge in [0.25, 0.3) is 5.91 Å². The number of nitrogens with one attached hydrogen (secondary N) is 1. The van der Waals surface area contributed by atoms with Crippen molar-refractivity contribution in [3.8, 4) is 5.75 Å². The second-order valence-electron chi connectivity index (χ2n) is 4.23. The molecule has 0 bridgehead atoms. The van der Waals surface area contributed by atoms with E-state index in [1.807, 2.05) is 0 Å². The van der Waals surface area contributed by atoms with E-state index in [1.165, 1.54) is 30.3 Å². The van der Waals surface area contributed by atoms with Gasteiger partial charge in [-0.05, 0) is 30.3 Å². The van der Waals surface area contributed by atoms with Crippen LogP contribution in [0.15, 0.2) is 36.4 Å². The van der Waals surface area contributed by atoms with E-state index in [2.05, 4.69) is 5.32 Å². The Morgan fingerprint density at radius 3 is 2.43 bits per heavy atom. The minimum Gasteiger partial charge on any atom is -0.507 e. The molecule has 0 unspecified atom stereocenters. The Morgan fingerprint density at radius 1 is 1.14 bits per heavy atom. The Hall–Kier alpha value is -2.73. The summed E-state index contributed by atoms with van der Waals surface area (Å²) in [6.45, 7) is 0. The number of phenols is 1. The molecule has 21 heavy (non-hydrogen) atoms. The van der Waals surface area contributed by atoms with Crippen molar-refractivity contribution in [1.82, 2.24) is 0 Å². The fourth-order valence-corrected chi connectivity index (χ4v) is 1.80. The number of benzene rings is 2. The lowest BCUT2D eigenvalue weighted by Gasteiger charge is -2.08. The first-order chi connectivity index (χ1) is 9.88. The molecule has 0 aliphatic rings. The van der Waals surface area contributed by atoms with Crippen LogP contribution in [0.4, 0.5) is 11.4 Å². The van der Waals surface area contributed by atoms with Crippen molar-refractivity contribution in [3.05, 3.63) is 52.5 Å². The highest BCUT2D eigenvalue weighted by Crippen LogP contribution is 2.23. The molecule has 5 N–H and O–H groups in total. The molecule has 0 saturated carbocycles. The highest BCUT2D eigenvalue weighted by molar-refractivity contribution is 6.33. The highest BCUT2D eigenvalue weighted by Gasteiger charge is 2.12. The number of carbonyl (C=O) groups excluding carboxylic acids is 1. The summed E-state index contributed by atoms with van der Waals surface area (Å²) in [6, 6.07) is 8.14. The summed E-state index contributed by atoms with van der Waals surface area (Å²) in [7, 11) is 0. The van der Waals surface area contributed by atoms with Crippen LogP contribution in [0.5, 0.6) is 5.75 Å². The zero-order chi connectivity index (χ0) is 15.6. The lowest BCUT2D eigenvalue weighted by atomic mass is 10.1. The first kappa shape index (κ1) is 14.7. The van der Waals surface area contributed by atoms with E-state index in [-0.39, 0.29) is 16.9 Å². The van der Waals surface area contributed by atoms with Crippen LogP contribution in [-0.2, 0) is 0 Å². The number of nitrogens with two attached hydrogens (primary N) is 1. The summed E-state index contributed by atoms with van der Waals surface area (Å²) in [5.41, 5.74) is 6.19. The van der Waals surface area contributed by atoms with Crippen molar-refractivity contribution in [1.29, 1.82) is 0 Å². The molecule has 0 aliphatic carbocycles. The van der Waals surface area contributed by atoms with Crippen molar-refractivity contribution in [3.63, 3.8) is 0 Å². The molecule has 0 aromatic heterocycles. The Balaban J connectivity index is 2.21. The molecule has 0 heterocycles. The van der Waals surface area contributed by atoms with Crippen LogP contribution in [-0.4, -0.2) is 22.1 Å². The number of carboxylic acids is 1. The van der Waals surface area contributed by atoms with E-state index < -0.39 is 17.6 Å². The molecule has 0 aliphatic heterocycles. The number of nitrogen functional groups attached to an aromatic ring is 1. The summed E-state index contributed by atoms with van der Waals surface area (Å²) < 4.78 is 0. The molecule has 108 valence electrons. The Morgan fingerprint density at radius 2 is 1.86 bits per heavy atom. The third-order valence-electron chi connectivity index (χ3n) is 2.74. The van der Waals surface area contributed by atoms with Gasteiger partial charge < -0.3 is 21.3 Å². The molecule has 0 fully saturated rings. The second kappa shape index (κ2) is 5.72. The second-order valence-corrected chi connectivity index (χ2v) is 4.63. The average molecular weight is 307 g/mol. The Labute approximate surface area is 124 Å². The molecule has 6 nitrogen and oxygen atoms in total. The molecule has 2 aromatic carbocycles. The number of rotatable bonds is 3. The van der Waals surface area contributed by atoms with Gasteiger partial charge in [0.15, 0.2) is 0 Å². The number of halogens is 1. The van der Waals surface area contributed by atoms with Crippen LogP contribution in [0.2, 0.25) is 5.02 Å². The van der Waals surface area contributed by atoms with E-state index in [1.54, 1.807) is 0 Å². The summed E-state index contributed by atoms with van der Waals surface area (Å²) >= 11 is 5.77. The molecule has 0 radical (unpaired) electrons. The van der Waals surface area contributed by atoms with Gasteiger partial charge in [0.05, 0.1) is 10.7 Å². The van der Waals surface area contributed by atoms with Gasteiger partial charge in [-0.2, -0.15) is 0 Å². The first-order valence-electron chi connectivity index (χ1n) is 5.81. The number of anilines is 2. The summed E-state index contributed by atoms with van der Waals surface area (Å²) in [5.74, 6) is -2.15. The van der Waals surface area contributed by atoms with Crippen molar-refractivity contribution in [2.24, 2.45) is 0 Å². The van der Waals surface area contributed by atoms with E-state index in [4.69, 9.17) is 22.4 Å². The smallest absolute Gasteiger partial charge is 0.339 e. The van der Waals surface area contributed by atoms with Crippen LogP contribution in [0, 0.1) is 0 Å². The molecule has 2 aromatic rings. The van der Waals surface area contributed by atoms with Crippen LogP contribution >= 0.6 is 11.6 Å². The van der Waals surface area contributed by atoms with Crippen LogP contribution < -0.4 is 11.1 Å². The van der Waals surface area contributed by atoms with Crippen molar-refractivity contribution in [2.75, 3.05) is 11.1 Å². The maximum atomic E-state index is 12.0. The molecule has 7 heteroatoms. The average Bonchev–Trinajstić information content (AvgIpc) is 2.41. The van der Waals surface area contributed by atoms with Gasteiger partial charge in [-0.1, -0.05) is 11.6 Å². The fraction of sp³-hybridized carbons (Fsp3) is 0. The minimum atomic E-state index is -1.25. The van der Waals surface area contributed by atoms with Gasteiger partial charge in [-0.25, -0.2) is 4.79 Å². The van der Waals surface area contributed by atoms with E-state index >= 15 is 0 Å². The molecular weight excluding hydrogens is 296 g/mol. The lowest BCUT2D eigenvalue weighted by Crippen LogP contribution is -2.12. The zero-order valence-corrected chi connectivity index (χ0v) is 11.4. The SMILES string of the molecule is Nc1cc(C(=O)Nc2ccc(C(=O)O)c(O)c2)ccc1Cl. The van der Waals surface area contributed by atoms with Crippen LogP contribution in [0.3, 0.4) is 0 Å². The summed E-state index contributed by atoms with van der Waals surface area (Å²) in [5, 5.41) is 21.2. The third-order valence-corrected chi connectivity index (χ3v) is 3.09. The molecule has 0 atom stereocenters. The maximum Gasteiger partial charge on any atom is 0.339 e. The number of hydrogen-bond donors (Lipinski definition) is 4. The predicted molar refractivity (Wildman–Crippen MR) is 78.9 cm³/mol. The standard InChI is InChI=1S/C14H11ClN2O4/c15-10-4-1-7(5-11(10)16)13(19)17-8-2-3-9(14(20)21)12(18)6-8/h1-6,18H,16H2,(H,17,19)(H,20,21). The van der Waals surface area contributed by atoms with Crippen LogP contribution in [0.1, 0.15) is 20.7 Å². The first-order valence-corrected chi connectivity index (χ1v) is 6.19. The van der Waals surface area contributed by atoms with Gasteiger partial charge in [0.2, 0.25) is 0 Å². The Bertz CT molecular complexity index is 731. The fourth-order valence-electron chi connectivity index (χ4n) is 1.68. The van der Waals surface area contributed by atoms with Crippen molar-refractivity contribution >= 4 is 34.9 Å². The number of hydrogen-bond acceptors (Lipinski definition) is 4. The minimum absolute atomic E-state index is 0.247. The van der Waals surface area contributed by atoms with Gasteiger partial charge in [0, 0.05) is 17.3 Å². The molecule has 2 rings (SSSR count). The van der Waals surface area contributed by atoms with Crippen molar-refractivity contribution in [2.45, 2.75) is 0 Å². The summed E-state index contributed by atoms with van der Waals surface area (Å²) in [6.07, 6.45) is 0. The normalized spacial score (nSPS) is 10.1. The number of aromatic carboxylic acids is 1. The third kappa shape index (κ3) is 3.24. The number of carboxylic acid groups (broad SMARTS) is 1. The predicted octanol–water partition coefficient (Wildman–Crippen LogP) is 2.58. The van der Waals surface area contributed by atoms with Crippen LogP contribution in [0.25, 0.3) is 0 Å². The Kier molecular flexibility index (Phi) is 4.00. The zero-order valence-electron chi connectivity index (χ0n) is 10.6. The van der Waals surface area contributed by atoms with Gasteiger partial charge in [-0.15, -0.1) is 0 Å². The monoisotopic (exact) mass is 306 g/mol. The summed E-state index contributed by atoms with van der Waals surface area (Å²) in [4.78, 5) is 22.8. The van der Waals surface area contributed by atoms with Gasteiger partial charge in [-0.3, -0.25) is 4.79 Å². The van der Waals surface area contributed by atoms with Crippen molar-refractivity contribution < 1.29 is 19.8 Å². The van der Waals surface area contributed by atoms with Gasteiger partial charge in [0.1, 0.15) is 11.3 Å².